The standard InChI is InChI=1S/C17H15F3N2O2/c1-10-6-11(17(18,19)20)7-14(22-10)16(8-12(23)9-16)15(24)13-4-2-3-5-21-13/h2-7,15,24H,8-9H2,1H3. The molecule has 0 radical (unpaired) electrons. The second-order valence-corrected chi connectivity index (χ2v) is 6.09. The number of ketones is 1. The smallest absolute Gasteiger partial charge is 0.386 e. The molecule has 1 atom stereocenters. The summed E-state index contributed by atoms with van der Waals surface area (Å²) in [4.78, 5) is 19.9. The normalized spacial score (nSPS) is 18.1. The highest BCUT2D eigenvalue weighted by atomic mass is 19.4. The van der Waals surface area contributed by atoms with Gasteiger partial charge in [0.1, 0.15) is 11.9 Å². The minimum Gasteiger partial charge on any atom is -0.386 e. The van der Waals surface area contributed by atoms with Crippen molar-refractivity contribution in [2.24, 2.45) is 0 Å². The van der Waals surface area contributed by atoms with E-state index in [0.717, 1.165) is 12.1 Å². The largest absolute Gasteiger partial charge is 0.416 e. The predicted octanol–water partition coefficient (Wildman–Crippen LogP) is 3.14. The van der Waals surface area contributed by atoms with Gasteiger partial charge in [-0.3, -0.25) is 14.8 Å². The fraction of sp³-hybridized carbons (Fsp3) is 0.353. The van der Waals surface area contributed by atoms with Gasteiger partial charge in [0.2, 0.25) is 0 Å². The third-order valence-corrected chi connectivity index (χ3v) is 4.31. The number of carbonyl (C=O) groups is 1. The van der Waals surface area contributed by atoms with E-state index < -0.39 is 23.3 Å². The first kappa shape index (κ1) is 16.6. The molecule has 1 aliphatic carbocycles. The molecule has 0 saturated heterocycles. The lowest BCUT2D eigenvalue weighted by atomic mass is 9.61. The number of aliphatic hydroxyl groups is 1. The SMILES string of the molecule is Cc1cc(C(F)(F)F)cc(C2(C(O)c3ccccn3)CC(=O)C2)n1. The van der Waals surface area contributed by atoms with Crippen molar-refractivity contribution in [3.05, 3.63) is 59.2 Å². The van der Waals surface area contributed by atoms with Crippen molar-refractivity contribution in [1.82, 2.24) is 9.97 Å². The molecule has 2 aromatic heterocycles. The summed E-state index contributed by atoms with van der Waals surface area (Å²) in [5.74, 6) is -0.123. The lowest BCUT2D eigenvalue weighted by molar-refractivity contribution is -0.138. The van der Waals surface area contributed by atoms with Crippen LogP contribution in [0.25, 0.3) is 0 Å². The number of rotatable bonds is 3. The summed E-state index contributed by atoms with van der Waals surface area (Å²) in [5.41, 5.74) is -1.43. The molecule has 1 unspecified atom stereocenters. The lowest BCUT2D eigenvalue weighted by Gasteiger charge is -2.43. The number of alkyl halides is 3. The summed E-state index contributed by atoms with van der Waals surface area (Å²) < 4.78 is 39.3. The number of aliphatic hydroxyl groups excluding tert-OH is 1. The Labute approximate surface area is 136 Å². The lowest BCUT2D eigenvalue weighted by Crippen LogP contribution is -2.47. The van der Waals surface area contributed by atoms with Gasteiger partial charge in [-0.05, 0) is 31.2 Å². The number of pyridine rings is 2. The van der Waals surface area contributed by atoms with E-state index in [-0.39, 0.29) is 30.0 Å². The molecule has 1 saturated carbocycles. The Kier molecular flexibility index (Phi) is 3.91. The predicted molar refractivity (Wildman–Crippen MR) is 79.1 cm³/mol. The van der Waals surface area contributed by atoms with E-state index in [0.29, 0.717) is 5.69 Å². The Morgan fingerprint density at radius 2 is 1.96 bits per heavy atom. The minimum absolute atomic E-state index is 0.0571. The van der Waals surface area contributed by atoms with Crippen LogP contribution >= 0.6 is 0 Å². The first-order valence-electron chi connectivity index (χ1n) is 7.39. The van der Waals surface area contributed by atoms with Gasteiger partial charge in [-0.2, -0.15) is 13.2 Å². The Bertz CT molecular complexity index is 767. The Hall–Kier alpha value is -2.28. The van der Waals surface area contributed by atoms with Crippen molar-refractivity contribution in [2.45, 2.75) is 37.5 Å². The second kappa shape index (κ2) is 5.66. The van der Waals surface area contributed by atoms with Crippen LogP contribution in [0, 0.1) is 6.92 Å². The van der Waals surface area contributed by atoms with Crippen LogP contribution in [0.4, 0.5) is 13.2 Å². The van der Waals surface area contributed by atoms with Gasteiger partial charge in [-0.15, -0.1) is 0 Å². The fourth-order valence-electron chi connectivity index (χ4n) is 3.07. The molecular formula is C17H15F3N2O2. The van der Waals surface area contributed by atoms with Gasteiger partial charge in [-0.25, -0.2) is 0 Å². The van der Waals surface area contributed by atoms with Crippen LogP contribution in [0.3, 0.4) is 0 Å². The maximum absolute atomic E-state index is 13.1. The molecule has 1 aliphatic rings. The van der Waals surface area contributed by atoms with Gasteiger partial charge in [0.15, 0.2) is 0 Å². The average molecular weight is 336 g/mol. The van der Waals surface area contributed by atoms with Crippen molar-refractivity contribution < 1.29 is 23.1 Å². The molecule has 24 heavy (non-hydrogen) atoms. The van der Waals surface area contributed by atoms with Crippen LogP contribution in [0.1, 0.15) is 41.6 Å². The molecule has 2 heterocycles. The zero-order valence-corrected chi connectivity index (χ0v) is 12.8. The van der Waals surface area contributed by atoms with Crippen LogP contribution in [-0.4, -0.2) is 20.9 Å². The van der Waals surface area contributed by atoms with Gasteiger partial charge in [0.25, 0.3) is 0 Å². The van der Waals surface area contributed by atoms with Crippen LogP contribution < -0.4 is 0 Å². The van der Waals surface area contributed by atoms with Gasteiger partial charge in [0.05, 0.1) is 22.4 Å². The molecule has 3 rings (SSSR count). The van der Waals surface area contributed by atoms with Crippen LogP contribution in [-0.2, 0) is 16.4 Å². The number of nitrogens with zero attached hydrogens (tertiary/aromatic N) is 2. The summed E-state index contributed by atoms with van der Waals surface area (Å²) >= 11 is 0. The van der Waals surface area contributed by atoms with Gasteiger partial charge in [0, 0.05) is 24.7 Å². The maximum Gasteiger partial charge on any atom is 0.416 e. The van der Waals surface area contributed by atoms with Crippen molar-refractivity contribution >= 4 is 5.78 Å². The van der Waals surface area contributed by atoms with Gasteiger partial charge >= 0.3 is 6.18 Å². The molecule has 1 fully saturated rings. The zero-order valence-electron chi connectivity index (χ0n) is 12.8. The number of hydrogen-bond acceptors (Lipinski definition) is 4. The Morgan fingerprint density at radius 3 is 2.50 bits per heavy atom. The molecule has 126 valence electrons. The summed E-state index contributed by atoms with van der Waals surface area (Å²) in [6, 6.07) is 6.79. The topological polar surface area (TPSA) is 63.1 Å². The second-order valence-electron chi connectivity index (χ2n) is 6.09. The van der Waals surface area contributed by atoms with E-state index in [4.69, 9.17) is 0 Å². The monoisotopic (exact) mass is 336 g/mol. The number of Topliss-reactive ketones (excluding diaryl/α,β-unsaturated/α-hetero) is 1. The summed E-state index contributed by atoms with van der Waals surface area (Å²) in [6.45, 7) is 1.46. The van der Waals surface area contributed by atoms with Crippen molar-refractivity contribution in [3.8, 4) is 0 Å². The molecule has 4 nitrogen and oxygen atoms in total. The molecule has 0 bridgehead atoms. The quantitative estimate of drug-likeness (QED) is 0.935. The van der Waals surface area contributed by atoms with Gasteiger partial charge in [-0.1, -0.05) is 6.07 Å². The van der Waals surface area contributed by atoms with Crippen LogP contribution in [0.5, 0.6) is 0 Å². The third kappa shape index (κ3) is 2.80. The number of hydrogen-bond donors (Lipinski definition) is 1. The molecule has 1 N–H and O–H groups in total. The number of carbonyl (C=O) groups excluding carboxylic acids is 1. The highest BCUT2D eigenvalue weighted by Crippen LogP contribution is 2.50. The first-order chi connectivity index (χ1) is 11.2. The number of aryl methyl sites for hydroxylation is 1. The average Bonchev–Trinajstić information content (AvgIpc) is 2.50. The van der Waals surface area contributed by atoms with Crippen LogP contribution in [0.2, 0.25) is 0 Å². The molecule has 0 amide bonds. The van der Waals surface area contributed by atoms with Crippen LogP contribution in [0.15, 0.2) is 36.5 Å². The molecule has 2 aromatic rings. The fourth-order valence-corrected chi connectivity index (χ4v) is 3.07. The first-order valence-corrected chi connectivity index (χ1v) is 7.39. The summed E-state index contributed by atoms with van der Waals surface area (Å²) in [5, 5.41) is 10.7. The highest BCUT2D eigenvalue weighted by molar-refractivity contribution is 5.88. The van der Waals surface area contributed by atoms with E-state index in [1.807, 2.05) is 0 Å². The van der Waals surface area contributed by atoms with E-state index in [1.165, 1.54) is 13.1 Å². The zero-order chi connectivity index (χ0) is 17.5. The van der Waals surface area contributed by atoms with E-state index in [2.05, 4.69) is 9.97 Å². The summed E-state index contributed by atoms with van der Waals surface area (Å²) in [6.07, 6.45) is -4.35. The van der Waals surface area contributed by atoms with Crippen molar-refractivity contribution in [2.75, 3.05) is 0 Å². The summed E-state index contributed by atoms with van der Waals surface area (Å²) in [7, 11) is 0. The third-order valence-electron chi connectivity index (χ3n) is 4.31. The Morgan fingerprint density at radius 1 is 1.25 bits per heavy atom. The van der Waals surface area contributed by atoms with Gasteiger partial charge < -0.3 is 5.11 Å². The number of aromatic nitrogens is 2. The van der Waals surface area contributed by atoms with Crippen molar-refractivity contribution in [1.29, 1.82) is 0 Å². The molecule has 7 heteroatoms. The molecular weight excluding hydrogens is 321 g/mol. The maximum atomic E-state index is 13.1. The highest BCUT2D eigenvalue weighted by Gasteiger charge is 2.53. The molecule has 0 aromatic carbocycles. The Balaban J connectivity index is 2.09. The van der Waals surface area contributed by atoms with E-state index in [9.17, 15) is 23.1 Å². The minimum atomic E-state index is -4.52. The van der Waals surface area contributed by atoms with E-state index in [1.54, 1.807) is 18.2 Å². The van der Waals surface area contributed by atoms with E-state index >= 15 is 0 Å². The van der Waals surface area contributed by atoms with Crippen molar-refractivity contribution in [3.63, 3.8) is 0 Å². The molecule has 0 aliphatic heterocycles. The molecule has 0 spiro atoms. The number of halogens is 3.